The van der Waals surface area contributed by atoms with E-state index in [0.717, 1.165) is 43.7 Å². The number of benzene rings is 1. The number of nitrogens with two attached hydrogens (primary N) is 1. The molecular formula is C22H33N3OS. The summed E-state index contributed by atoms with van der Waals surface area (Å²) in [5, 5.41) is 3.26. The Morgan fingerprint density at radius 3 is 2.63 bits per heavy atom. The number of rotatable bonds is 4. The van der Waals surface area contributed by atoms with Crippen LogP contribution in [-0.2, 0) is 11.3 Å². The zero-order valence-corrected chi connectivity index (χ0v) is 17.3. The van der Waals surface area contributed by atoms with Crippen molar-refractivity contribution in [3.05, 3.63) is 29.3 Å². The number of anilines is 1. The van der Waals surface area contributed by atoms with E-state index in [-0.39, 0.29) is 11.8 Å². The third-order valence-corrected chi connectivity index (χ3v) is 7.80. The lowest BCUT2D eigenvalue weighted by Crippen LogP contribution is -2.48. The zero-order chi connectivity index (χ0) is 18.8. The van der Waals surface area contributed by atoms with Gasteiger partial charge in [0.25, 0.3) is 0 Å². The largest absolute Gasteiger partial charge is 0.327 e. The Hall–Kier alpha value is -1.04. The summed E-state index contributed by atoms with van der Waals surface area (Å²) in [6, 6.07) is 6.85. The van der Waals surface area contributed by atoms with Gasteiger partial charge in [0.05, 0.1) is 0 Å². The minimum atomic E-state index is 0.127. The standard InChI is InChI=1S/C22H33N3OS/c1-15-5-6-16(14-25-7-9-27-10-8-25)11-20(15)24-22(26)19-12-17-3-2-4-18(13-19)21(17)23/h5-6,11,17-19,21H,2-4,7-10,12-14,23H2,1H3,(H,24,26). The fourth-order valence-electron chi connectivity index (χ4n) is 5.16. The first kappa shape index (κ1) is 19.3. The first-order valence-electron chi connectivity index (χ1n) is 10.6. The number of aryl methyl sites for hydroxylation is 1. The molecule has 0 spiro atoms. The van der Waals surface area contributed by atoms with E-state index < -0.39 is 0 Å². The highest BCUT2D eigenvalue weighted by Gasteiger charge is 2.40. The number of hydrogen-bond acceptors (Lipinski definition) is 4. The van der Waals surface area contributed by atoms with Crippen molar-refractivity contribution >= 4 is 23.4 Å². The molecular weight excluding hydrogens is 354 g/mol. The molecule has 1 aromatic rings. The predicted octanol–water partition coefficient (Wildman–Crippen LogP) is 3.64. The molecule has 5 heteroatoms. The maximum Gasteiger partial charge on any atom is 0.227 e. The normalized spacial score (nSPS) is 31.5. The second-order valence-corrected chi connectivity index (χ2v) is 9.95. The van der Waals surface area contributed by atoms with Crippen molar-refractivity contribution in [2.45, 2.75) is 51.6 Å². The molecule has 4 rings (SSSR count). The lowest BCUT2D eigenvalue weighted by molar-refractivity contribution is -0.122. The van der Waals surface area contributed by atoms with E-state index in [0.29, 0.717) is 17.9 Å². The maximum absolute atomic E-state index is 13.0. The van der Waals surface area contributed by atoms with Gasteiger partial charge in [-0.25, -0.2) is 0 Å². The number of carbonyl (C=O) groups is 1. The molecule has 2 atom stereocenters. The third-order valence-electron chi connectivity index (χ3n) is 6.85. The van der Waals surface area contributed by atoms with Crippen molar-refractivity contribution in [2.75, 3.05) is 29.9 Å². The molecule has 0 aromatic heterocycles. The third kappa shape index (κ3) is 4.52. The molecule has 2 saturated carbocycles. The van der Waals surface area contributed by atoms with Crippen molar-refractivity contribution in [3.8, 4) is 0 Å². The lowest BCUT2D eigenvalue weighted by atomic mass is 9.65. The Balaban J connectivity index is 1.40. The van der Waals surface area contributed by atoms with Gasteiger partial charge in [-0.15, -0.1) is 0 Å². The van der Waals surface area contributed by atoms with E-state index in [4.69, 9.17) is 5.73 Å². The van der Waals surface area contributed by atoms with Gasteiger partial charge in [-0.2, -0.15) is 11.8 Å². The maximum atomic E-state index is 13.0. The molecule has 4 nitrogen and oxygen atoms in total. The van der Waals surface area contributed by atoms with Gasteiger partial charge in [-0.3, -0.25) is 9.69 Å². The van der Waals surface area contributed by atoms with Crippen LogP contribution < -0.4 is 11.1 Å². The smallest absolute Gasteiger partial charge is 0.227 e. The molecule has 1 aromatic carbocycles. The Morgan fingerprint density at radius 1 is 1.22 bits per heavy atom. The molecule has 148 valence electrons. The first-order chi connectivity index (χ1) is 13.1. The Kier molecular flexibility index (Phi) is 6.10. The van der Waals surface area contributed by atoms with Crippen LogP contribution in [0.5, 0.6) is 0 Å². The summed E-state index contributed by atoms with van der Waals surface area (Å²) in [7, 11) is 0. The van der Waals surface area contributed by atoms with E-state index in [2.05, 4.69) is 35.3 Å². The van der Waals surface area contributed by atoms with E-state index in [9.17, 15) is 4.79 Å². The number of nitrogens with one attached hydrogen (secondary N) is 1. The van der Waals surface area contributed by atoms with Gasteiger partial charge in [0.2, 0.25) is 5.91 Å². The highest BCUT2D eigenvalue weighted by atomic mass is 32.2. The van der Waals surface area contributed by atoms with Gasteiger partial charge in [0.1, 0.15) is 0 Å². The number of hydrogen-bond donors (Lipinski definition) is 2. The van der Waals surface area contributed by atoms with E-state index >= 15 is 0 Å². The van der Waals surface area contributed by atoms with Crippen LogP contribution in [0.3, 0.4) is 0 Å². The Labute approximate surface area is 167 Å². The zero-order valence-electron chi connectivity index (χ0n) is 16.5. The summed E-state index contributed by atoms with van der Waals surface area (Å²) in [5.41, 5.74) is 9.83. The second-order valence-electron chi connectivity index (χ2n) is 8.72. The average Bonchev–Trinajstić information content (AvgIpc) is 2.65. The van der Waals surface area contributed by atoms with Gasteiger partial charge in [0, 0.05) is 48.8 Å². The van der Waals surface area contributed by atoms with Crippen LogP contribution in [0, 0.1) is 24.7 Å². The average molecular weight is 388 g/mol. The summed E-state index contributed by atoms with van der Waals surface area (Å²) in [4.78, 5) is 15.5. The number of thioether (sulfide) groups is 1. The van der Waals surface area contributed by atoms with Crippen LogP contribution in [0.2, 0.25) is 0 Å². The van der Waals surface area contributed by atoms with Gasteiger partial charge in [-0.1, -0.05) is 18.6 Å². The summed E-state index contributed by atoms with van der Waals surface area (Å²) >= 11 is 2.04. The van der Waals surface area contributed by atoms with E-state index in [1.165, 1.54) is 36.3 Å². The van der Waals surface area contributed by atoms with Crippen molar-refractivity contribution < 1.29 is 4.79 Å². The van der Waals surface area contributed by atoms with Crippen LogP contribution >= 0.6 is 11.8 Å². The highest BCUT2D eigenvalue weighted by molar-refractivity contribution is 7.99. The van der Waals surface area contributed by atoms with Crippen molar-refractivity contribution in [3.63, 3.8) is 0 Å². The second kappa shape index (κ2) is 8.54. The molecule has 3 N–H and O–H groups in total. The number of carbonyl (C=O) groups excluding carboxylic acids is 1. The molecule has 1 saturated heterocycles. The molecule has 2 bridgehead atoms. The number of amides is 1. The molecule has 3 aliphatic rings. The van der Waals surface area contributed by atoms with Crippen LogP contribution in [0.1, 0.15) is 43.2 Å². The van der Waals surface area contributed by atoms with Crippen molar-refractivity contribution in [1.29, 1.82) is 0 Å². The Morgan fingerprint density at radius 2 is 1.93 bits per heavy atom. The predicted molar refractivity (Wildman–Crippen MR) is 114 cm³/mol. The molecule has 1 heterocycles. The Bertz CT molecular complexity index is 660. The van der Waals surface area contributed by atoms with Gasteiger partial charge in [-0.05, 0) is 61.6 Å². The summed E-state index contributed by atoms with van der Waals surface area (Å²) in [6.45, 7) is 5.38. The lowest BCUT2D eigenvalue weighted by Gasteiger charge is -2.43. The quantitative estimate of drug-likeness (QED) is 0.828. The topological polar surface area (TPSA) is 58.4 Å². The highest BCUT2D eigenvalue weighted by Crippen LogP contribution is 2.42. The summed E-state index contributed by atoms with van der Waals surface area (Å²) in [6.07, 6.45) is 5.61. The molecule has 3 fully saturated rings. The fraction of sp³-hybridized carbons (Fsp3) is 0.682. The van der Waals surface area contributed by atoms with Gasteiger partial charge < -0.3 is 11.1 Å². The molecule has 1 amide bonds. The molecule has 27 heavy (non-hydrogen) atoms. The molecule has 0 radical (unpaired) electrons. The minimum Gasteiger partial charge on any atom is -0.327 e. The van der Waals surface area contributed by atoms with Crippen LogP contribution in [-0.4, -0.2) is 41.4 Å². The molecule has 2 unspecified atom stereocenters. The van der Waals surface area contributed by atoms with Crippen LogP contribution in [0.4, 0.5) is 5.69 Å². The van der Waals surface area contributed by atoms with Crippen molar-refractivity contribution in [1.82, 2.24) is 4.90 Å². The first-order valence-corrected chi connectivity index (χ1v) is 11.7. The van der Waals surface area contributed by atoms with E-state index in [1.54, 1.807) is 0 Å². The van der Waals surface area contributed by atoms with Crippen LogP contribution in [0.25, 0.3) is 0 Å². The minimum absolute atomic E-state index is 0.127. The van der Waals surface area contributed by atoms with Gasteiger partial charge in [0.15, 0.2) is 0 Å². The summed E-state index contributed by atoms with van der Waals surface area (Å²) < 4.78 is 0. The van der Waals surface area contributed by atoms with E-state index in [1.807, 2.05) is 11.8 Å². The van der Waals surface area contributed by atoms with Crippen LogP contribution in [0.15, 0.2) is 18.2 Å². The fourth-order valence-corrected chi connectivity index (χ4v) is 6.14. The SMILES string of the molecule is Cc1ccc(CN2CCSCC2)cc1NC(=O)C1CC2CCCC(C1)C2N. The monoisotopic (exact) mass is 387 g/mol. The molecule has 2 aliphatic carbocycles. The molecule has 1 aliphatic heterocycles. The number of fused-ring (bicyclic) bond motifs is 2. The van der Waals surface area contributed by atoms with Crippen molar-refractivity contribution in [2.24, 2.45) is 23.5 Å². The van der Waals surface area contributed by atoms with Gasteiger partial charge >= 0.3 is 0 Å². The number of nitrogens with zero attached hydrogens (tertiary/aromatic N) is 1. The summed E-state index contributed by atoms with van der Waals surface area (Å²) in [5.74, 6) is 3.86.